The molecule has 0 unspecified atom stereocenters. The van der Waals surface area contributed by atoms with E-state index < -0.39 is 21.7 Å². The fraction of sp³-hybridized carbons (Fsp3) is 1.00. The van der Waals surface area contributed by atoms with Crippen LogP contribution in [0.3, 0.4) is 0 Å². The van der Waals surface area contributed by atoms with Crippen LogP contribution in [0.5, 0.6) is 0 Å². The molecule has 1 aliphatic rings. The molecule has 0 spiro atoms. The zero-order valence-electron chi connectivity index (χ0n) is 8.96. The van der Waals surface area contributed by atoms with E-state index in [0.717, 1.165) is 19.3 Å². The third kappa shape index (κ3) is 3.35. The smallest absolute Gasteiger partial charge is 0.260 e. The lowest BCUT2D eigenvalue weighted by Gasteiger charge is -2.27. The molecule has 0 aromatic rings. The summed E-state index contributed by atoms with van der Waals surface area (Å²) in [5.74, 6) is 0.480. The summed E-state index contributed by atoms with van der Waals surface area (Å²) in [6, 6.07) is 0. The molecule has 0 heterocycles. The first-order valence-corrected chi connectivity index (χ1v) is 6.66. The molecule has 3 nitrogen and oxygen atoms in total. The van der Waals surface area contributed by atoms with E-state index in [1.54, 1.807) is 0 Å². The molecule has 1 aliphatic carbocycles. The van der Waals surface area contributed by atoms with Crippen molar-refractivity contribution >= 4 is 10.1 Å². The SMILES string of the molecule is CCC1CCC(OS(=O)(=O)C(F)(F)F)CC1. The largest absolute Gasteiger partial charge is 0.523 e. The van der Waals surface area contributed by atoms with E-state index in [1.165, 1.54) is 0 Å². The lowest BCUT2D eigenvalue weighted by Crippen LogP contribution is -2.32. The predicted octanol–water partition coefficient (Wildman–Crippen LogP) is 2.82. The van der Waals surface area contributed by atoms with Crippen LogP contribution >= 0.6 is 0 Å². The normalized spacial score (nSPS) is 28.0. The Morgan fingerprint density at radius 3 is 2.06 bits per heavy atom. The Balaban J connectivity index is 2.52. The van der Waals surface area contributed by atoms with Crippen molar-refractivity contribution in [3.8, 4) is 0 Å². The topological polar surface area (TPSA) is 43.4 Å². The van der Waals surface area contributed by atoms with Crippen molar-refractivity contribution in [1.82, 2.24) is 0 Å². The maximum Gasteiger partial charge on any atom is 0.523 e. The van der Waals surface area contributed by atoms with Gasteiger partial charge in [0.2, 0.25) is 0 Å². The van der Waals surface area contributed by atoms with Gasteiger partial charge in [-0.1, -0.05) is 13.3 Å². The number of alkyl halides is 3. The molecule has 0 N–H and O–H groups in total. The van der Waals surface area contributed by atoms with Gasteiger partial charge in [-0.3, -0.25) is 4.18 Å². The molecule has 96 valence electrons. The second-order valence-corrected chi connectivity index (χ2v) is 5.61. The van der Waals surface area contributed by atoms with Crippen LogP contribution in [0.25, 0.3) is 0 Å². The predicted molar refractivity (Wildman–Crippen MR) is 52.1 cm³/mol. The molecule has 16 heavy (non-hydrogen) atoms. The zero-order chi connectivity index (χ0) is 12.4. The molecular formula is C9H15F3O3S. The molecule has 1 fully saturated rings. The first-order valence-electron chi connectivity index (χ1n) is 5.26. The van der Waals surface area contributed by atoms with Crippen LogP contribution in [0.4, 0.5) is 13.2 Å². The molecule has 0 aromatic carbocycles. The van der Waals surface area contributed by atoms with E-state index in [2.05, 4.69) is 4.18 Å². The third-order valence-electron chi connectivity index (χ3n) is 2.92. The van der Waals surface area contributed by atoms with Crippen LogP contribution in [0.2, 0.25) is 0 Å². The maximum absolute atomic E-state index is 12.0. The molecule has 1 saturated carbocycles. The second kappa shape index (κ2) is 4.91. The maximum atomic E-state index is 12.0. The van der Waals surface area contributed by atoms with Crippen LogP contribution in [0.15, 0.2) is 0 Å². The standard InChI is InChI=1S/C9H15F3O3S/c1-2-7-3-5-8(6-4-7)15-16(13,14)9(10,11)12/h7-8H,2-6H2,1H3. The Bertz CT molecular complexity index is 315. The summed E-state index contributed by atoms with van der Waals surface area (Å²) in [6.07, 6.45) is 2.39. The second-order valence-electron chi connectivity index (χ2n) is 4.05. The first-order chi connectivity index (χ1) is 7.26. The van der Waals surface area contributed by atoms with Gasteiger partial charge in [-0.15, -0.1) is 0 Å². The number of hydrogen-bond acceptors (Lipinski definition) is 3. The van der Waals surface area contributed by atoms with Gasteiger partial charge in [0.05, 0.1) is 6.10 Å². The van der Waals surface area contributed by atoms with Crippen molar-refractivity contribution in [1.29, 1.82) is 0 Å². The summed E-state index contributed by atoms with van der Waals surface area (Å²) in [5, 5.41) is 0. The average molecular weight is 260 g/mol. The van der Waals surface area contributed by atoms with E-state index in [4.69, 9.17) is 0 Å². The summed E-state index contributed by atoms with van der Waals surface area (Å²) in [5.41, 5.74) is -5.31. The van der Waals surface area contributed by atoms with E-state index >= 15 is 0 Å². The van der Waals surface area contributed by atoms with Gasteiger partial charge in [-0.05, 0) is 31.6 Å². The van der Waals surface area contributed by atoms with Gasteiger partial charge in [-0.25, -0.2) is 0 Å². The van der Waals surface area contributed by atoms with Crippen LogP contribution in [0.1, 0.15) is 39.0 Å². The van der Waals surface area contributed by atoms with E-state index in [1.807, 2.05) is 6.92 Å². The van der Waals surface area contributed by atoms with Crippen molar-refractivity contribution in [2.45, 2.75) is 50.6 Å². The lowest BCUT2D eigenvalue weighted by atomic mass is 9.86. The Labute approximate surface area is 93.1 Å². The number of hydrogen-bond donors (Lipinski definition) is 0. The Morgan fingerprint density at radius 2 is 1.69 bits per heavy atom. The summed E-state index contributed by atoms with van der Waals surface area (Å²) < 4.78 is 61.7. The minimum Gasteiger partial charge on any atom is -0.260 e. The van der Waals surface area contributed by atoms with E-state index in [-0.39, 0.29) is 0 Å². The summed E-state index contributed by atoms with van der Waals surface area (Å²) in [6.45, 7) is 2.01. The zero-order valence-corrected chi connectivity index (χ0v) is 9.77. The molecule has 7 heteroatoms. The molecule has 0 saturated heterocycles. The highest BCUT2D eigenvalue weighted by Crippen LogP contribution is 2.32. The Kier molecular flexibility index (Phi) is 4.23. The highest BCUT2D eigenvalue weighted by atomic mass is 32.2. The van der Waals surface area contributed by atoms with Gasteiger partial charge in [-0.2, -0.15) is 21.6 Å². The Hall–Kier alpha value is -0.300. The minimum absolute atomic E-state index is 0.383. The monoisotopic (exact) mass is 260 g/mol. The van der Waals surface area contributed by atoms with Crippen molar-refractivity contribution in [2.24, 2.45) is 5.92 Å². The number of rotatable bonds is 3. The van der Waals surface area contributed by atoms with Crippen LogP contribution in [-0.4, -0.2) is 20.0 Å². The van der Waals surface area contributed by atoms with E-state index in [0.29, 0.717) is 18.8 Å². The van der Waals surface area contributed by atoms with Crippen LogP contribution < -0.4 is 0 Å². The number of halogens is 3. The molecular weight excluding hydrogens is 245 g/mol. The highest BCUT2D eigenvalue weighted by Gasteiger charge is 2.48. The fourth-order valence-corrected chi connectivity index (χ4v) is 2.53. The van der Waals surface area contributed by atoms with E-state index in [9.17, 15) is 21.6 Å². The van der Waals surface area contributed by atoms with Crippen molar-refractivity contribution in [3.63, 3.8) is 0 Å². The highest BCUT2D eigenvalue weighted by molar-refractivity contribution is 7.87. The molecule has 0 aliphatic heterocycles. The molecule has 0 aromatic heterocycles. The summed E-state index contributed by atoms with van der Waals surface area (Å²) in [4.78, 5) is 0. The van der Waals surface area contributed by atoms with Crippen LogP contribution in [-0.2, 0) is 14.3 Å². The lowest BCUT2D eigenvalue weighted by molar-refractivity contribution is -0.0589. The van der Waals surface area contributed by atoms with Gasteiger partial charge < -0.3 is 0 Å². The van der Waals surface area contributed by atoms with Crippen molar-refractivity contribution in [3.05, 3.63) is 0 Å². The van der Waals surface area contributed by atoms with Gasteiger partial charge in [0, 0.05) is 0 Å². The fourth-order valence-electron chi connectivity index (χ4n) is 1.87. The molecule has 0 bridgehead atoms. The van der Waals surface area contributed by atoms with Crippen LogP contribution in [0, 0.1) is 5.92 Å². The van der Waals surface area contributed by atoms with Crippen molar-refractivity contribution < 1.29 is 25.8 Å². The van der Waals surface area contributed by atoms with Crippen molar-refractivity contribution in [2.75, 3.05) is 0 Å². The summed E-state index contributed by atoms with van der Waals surface area (Å²) in [7, 11) is -5.42. The molecule has 0 radical (unpaired) electrons. The average Bonchev–Trinajstić information content (AvgIpc) is 2.16. The quantitative estimate of drug-likeness (QED) is 0.579. The van der Waals surface area contributed by atoms with Gasteiger partial charge in [0.25, 0.3) is 0 Å². The first kappa shape index (κ1) is 13.8. The van der Waals surface area contributed by atoms with Gasteiger partial charge in [0.15, 0.2) is 0 Å². The molecule has 0 amide bonds. The summed E-state index contributed by atoms with van der Waals surface area (Å²) >= 11 is 0. The Morgan fingerprint density at radius 1 is 1.19 bits per heavy atom. The minimum atomic E-state index is -5.42. The third-order valence-corrected chi connectivity index (χ3v) is 4.01. The van der Waals surface area contributed by atoms with Gasteiger partial charge >= 0.3 is 15.6 Å². The molecule has 0 atom stereocenters. The van der Waals surface area contributed by atoms with Gasteiger partial charge in [0.1, 0.15) is 0 Å². The molecule has 1 rings (SSSR count).